The van der Waals surface area contributed by atoms with E-state index in [-0.39, 0.29) is 36.9 Å². The highest BCUT2D eigenvalue weighted by Gasteiger charge is 2.72. The maximum atomic E-state index is 15.4. The second-order valence-corrected chi connectivity index (χ2v) is 28.3. The van der Waals surface area contributed by atoms with Gasteiger partial charge in [-0.3, -0.25) is 4.79 Å². The monoisotopic (exact) mass is 1300 g/mol. The van der Waals surface area contributed by atoms with E-state index in [1.807, 2.05) is 20.8 Å². The summed E-state index contributed by atoms with van der Waals surface area (Å²) in [6, 6.07) is 0. The van der Waals surface area contributed by atoms with E-state index in [0.717, 1.165) is 11.9 Å². The summed E-state index contributed by atoms with van der Waals surface area (Å²) in [5.74, 6) is -1.42. The van der Waals surface area contributed by atoms with Gasteiger partial charge in [-0.05, 0) is 87.4 Å². The Kier molecular flexibility index (Phi) is 22.3. The minimum Gasteiger partial charge on any atom is -0.394 e. The molecule has 0 radical (unpaired) electrons. The number of hydrogen-bond acceptors (Lipinski definition) is 30. The average Bonchev–Trinajstić information content (AvgIpc) is 1.28. The van der Waals surface area contributed by atoms with E-state index in [9.17, 15) is 96.7 Å². The molecule has 0 bridgehead atoms. The number of aliphatic hydroxyl groups excluding tert-OH is 17. The summed E-state index contributed by atoms with van der Waals surface area (Å²) in [4.78, 5) is 29.4. The first-order valence-electron chi connectivity index (χ1n) is 31.4. The number of aliphatic hydroxyl groups is 18. The number of hydrogen-bond donors (Lipinski definition) is 18. The van der Waals surface area contributed by atoms with E-state index in [2.05, 4.69) is 19.9 Å². The lowest BCUT2D eigenvalue weighted by molar-refractivity contribution is -0.380. The molecular formula is C60H98O30. The third-order valence-corrected chi connectivity index (χ3v) is 22.4. The number of carbonyl (C=O) groups is 2. The molecule has 0 aromatic rings. The van der Waals surface area contributed by atoms with Crippen LogP contribution in [-0.2, 0) is 57.0 Å². The van der Waals surface area contributed by atoms with Gasteiger partial charge in [0, 0.05) is 17.8 Å². The van der Waals surface area contributed by atoms with Crippen molar-refractivity contribution in [2.45, 2.75) is 271 Å². The van der Waals surface area contributed by atoms with Gasteiger partial charge in [-0.15, -0.1) is 0 Å². The zero-order valence-corrected chi connectivity index (χ0v) is 51.7. The van der Waals surface area contributed by atoms with E-state index in [1.54, 1.807) is 0 Å². The van der Waals surface area contributed by atoms with Crippen molar-refractivity contribution in [3.05, 3.63) is 11.6 Å². The van der Waals surface area contributed by atoms with E-state index < -0.39 is 238 Å². The Morgan fingerprint density at radius 2 is 1.01 bits per heavy atom. The molecule has 30 heteroatoms. The molecule has 8 fully saturated rings. The van der Waals surface area contributed by atoms with Gasteiger partial charge in [0.2, 0.25) is 0 Å². The summed E-state index contributed by atoms with van der Waals surface area (Å²) in [6.07, 6.45) is -38.8. The SMILES string of the molecule is CC(CCC(OC1OC(COC2OC(CO)C(O)C(O)C2O)C(O)C(O)C1OC1OC(CO)C(O)C(O)C1O)C(C)(C)O)C1CCC2(C)C3CC=C4C(CCC(OC5OC(COC6OC(CO)C(O)C(O)C6O)C(O)C(O)C5O)C4(C)C)C3(C=O)C(=O)CC12C. The predicted octanol–water partition coefficient (Wildman–Crippen LogP) is -6.02. The molecular weight excluding hydrogens is 1200 g/mol. The number of Topliss-reactive ketones (excluding diaryl/α,β-unsaturated/α-hetero) is 1. The Bertz CT molecular complexity index is 2440. The Morgan fingerprint density at radius 3 is 1.50 bits per heavy atom. The van der Waals surface area contributed by atoms with Gasteiger partial charge in [-0.1, -0.05) is 46.3 Å². The first kappa shape index (κ1) is 72.2. The van der Waals surface area contributed by atoms with Crippen molar-refractivity contribution in [2.75, 3.05) is 33.0 Å². The van der Waals surface area contributed by atoms with Crippen LogP contribution in [0.25, 0.3) is 0 Å². The quantitative estimate of drug-likeness (QED) is 0.0289. The van der Waals surface area contributed by atoms with Gasteiger partial charge in [-0.25, -0.2) is 0 Å². The lowest BCUT2D eigenvalue weighted by Gasteiger charge is -2.64. The van der Waals surface area contributed by atoms with Crippen LogP contribution in [0, 0.1) is 45.3 Å². The third kappa shape index (κ3) is 12.8. The summed E-state index contributed by atoms with van der Waals surface area (Å²) in [7, 11) is 0. The van der Waals surface area contributed by atoms with Crippen LogP contribution in [-0.4, -0.2) is 308 Å². The highest BCUT2D eigenvalue weighted by molar-refractivity contribution is 6.01. The fourth-order valence-corrected chi connectivity index (χ4v) is 16.6. The molecule has 9 rings (SSSR count). The van der Waals surface area contributed by atoms with E-state index in [4.69, 9.17) is 47.4 Å². The number of ether oxygens (including phenoxy) is 10. The number of fused-ring (bicyclic) bond motifs is 5. The number of carbonyl (C=O) groups excluding carboxylic acids is 2. The third-order valence-electron chi connectivity index (χ3n) is 22.4. The van der Waals surface area contributed by atoms with E-state index in [1.165, 1.54) is 13.8 Å². The van der Waals surface area contributed by atoms with Crippen molar-refractivity contribution < 1.29 is 149 Å². The number of ketones is 1. The molecule has 90 heavy (non-hydrogen) atoms. The molecule has 5 saturated heterocycles. The molecule has 30 nitrogen and oxygen atoms in total. The van der Waals surface area contributed by atoms with Gasteiger partial charge < -0.3 is 144 Å². The zero-order valence-electron chi connectivity index (χ0n) is 51.7. The first-order chi connectivity index (χ1) is 42.2. The molecule has 18 N–H and O–H groups in total. The van der Waals surface area contributed by atoms with Crippen LogP contribution in [0.3, 0.4) is 0 Å². The topological polar surface area (TPSA) is 491 Å². The molecule has 5 heterocycles. The number of rotatable bonds is 21. The van der Waals surface area contributed by atoms with Crippen LogP contribution in [0.1, 0.15) is 99.8 Å². The van der Waals surface area contributed by atoms with Crippen molar-refractivity contribution in [3.63, 3.8) is 0 Å². The molecule has 9 aliphatic rings. The second-order valence-electron chi connectivity index (χ2n) is 28.3. The average molecular weight is 1300 g/mol. The summed E-state index contributed by atoms with van der Waals surface area (Å²) in [6.45, 7) is 9.48. The summed E-state index contributed by atoms with van der Waals surface area (Å²) >= 11 is 0. The van der Waals surface area contributed by atoms with Crippen molar-refractivity contribution in [2.24, 2.45) is 45.3 Å². The maximum Gasteiger partial charge on any atom is 0.187 e. The fourth-order valence-electron chi connectivity index (χ4n) is 16.6. The second kappa shape index (κ2) is 27.8. The molecule has 0 spiro atoms. The highest BCUT2D eigenvalue weighted by atomic mass is 16.8. The molecule has 0 aromatic heterocycles. The fraction of sp³-hybridized carbons (Fsp3) is 0.933. The molecule has 518 valence electrons. The normalized spacial score (nSPS) is 50.5. The smallest absolute Gasteiger partial charge is 0.187 e. The van der Waals surface area contributed by atoms with Crippen LogP contribution in [0.15, 0.2) is 11.6 Å². The predicted molar refractivity (Wildman–Crippen MR) is 300 cm³/mol. The van der Waals surface area contributed by atoms with Crippen molar-refractivity contribution in [1.82, 2.24) is 0 Å². The highest BCUT2D eigenvalue weighted by Crippen LogP contribution is 2.74. The molecule has 5 aliphatic heterocycles. The Labute approximate surface area is 520 Å². The first-order valence-corrected chi connectivity index (χ1v) is 31.4. The standard InChI is InChI=1S/C60H98O30/c1-23(8-12-35(57(4,5)80)89-55-50(90-54-49(79)43(73)38(68)29(19-63)85-54)45(75)40(70)31(87-55)21-82-52-47(77)42(72)37(67)28(18-62)84-52)24-14-15-58(6)32-11-9-25-26(60(32,22-64)33(65)16-59(24,58)7)10-13-34(56(25,2)3)88-53-48(78)44(74)39(69)30(86-53)20-81-51-46(76)41(71)36(66)27(17-61)83-51/h9,22-24,26-32,34-55,61-63,66-80H,8,10-21H2,1-7H3. The Morgan fingerprint density at radius 1 is 0.567 bits per heavy atom. The lowest BCUT2D eigenvalue weighted by atomic mass is 9.38. The molecule has 0 aromatic carbocycles. The van der Waals surface area contributed by atoms with E-state index in [0.29, 0.717) is 32.1 Å². The van der Waals surface area contributed by atoms with Crippen LogP contribution < -0.4 is 0 Å². The van der Waals surface area contributed by atoms with Gasteiger partial charge in [0.05, 0.1) is 56.3 Å². The molecule has 3 saturated carbocycles. The van der Waals surface area contributed by atoms with Crippen molar-refractivity contribution >= 4 is 12.1 Å². The minimum atomic E-state index is -1.99. The lowest BCUT2D eigenvalue weighted by Crippen LogP contribution is -2.65. The van der Waals surface area contributed by atoms with E-state index >= 15 is 4.79 Å². The number of aldehydes is 1. The summed E-state index contributed by atoms with van der Waals surface area (Å²) < 4.78 is 59.0. The molecule has 4 aliphatic carbocycles. The zero-order chi connectivity index (χ0) is 66.2. The molecule has 0 amide bonds. The van der Waals surface area contributed by atoms with Crippen LogP contribution in [0.4, 0.5) is 0 Å². The van der Waals surface area contributed by atoms with Gasteiger partial charge in [0.1, 0.15) is 134 Å². The van der Waals surface area contributed by atoms with Crippen LogP contribution in [0.5, 0.6) is 0 Å². The van der Waals surface area contributed by atoms with Crippen LogP contribution in [0.2, 0.25) is 0 Å². The Hall–Kier alpha value is -2.04. The molecule has 34 unspecified atom stereocenters. The van der Waals surface area contributed by atoms with Gasteiger partial charge >= 0.3 is 0 Å². The summed E-state index contributed by atoms with van der Waals surface area (Å²) in [5.41, 5.74) is -4.40. The maximum absolute atomic E-state index is 15.4. The minimum absolute atomic E-state index is 0.0674. The largest absolute Gasteiger partial charge is 0.394 e. The van der Waals surface area contributed by atoms with Crippen molar-refractivity contribution in [3.8, 4) is 0 Å². The number of allylic oxidation sites excluding steroid dienone is 1. The van der Waals surface area contributed by atoms with Crippen molar-refractivity contribution in [1.29, 1.82) is 0 Å². The summed E-state index contributed by atoms with van der Waals surface area (Å²) in [5, 5.41) is 192. The molecule has 34 atom stereocenters. The van der Waals surface area contributed by atoms with Crippen LogP contribution >= 0.6 is 0 Å². The van der Waals surface area contributed by atoms with Gasteiger partial charge in [0.25, 0.3) is 0 Å². The van der Waals surface area contributed by atoms with Gasteiger partial charge in [0.15, 0.2) is 31.5 Å². The van der Waals surface area contributed by atoms with Gasteiger partial charge in [-0.2, -0.15) is 0 Å². The Balaban J connectivity index is 0.895.